The van der Waals surface area contributed by atoms with Crippen LogP contribution < -0.4 is 0 Å². The SMILES string of the molecule is CSCC[C@@H](/N=C/c1ccccc1)C(=O)O. The summed E-state index contributed by atoms with van der Waals surface area (Å²) in [5, 5.41) is 8.95. The Balaban J connectivity index is 2.61. The molecule has 0 saturated carbocycles. The molecule has 0 spiro atoms. The Morgan fingerprint density at radius 3 is 2.75 bits per heavy atom. The van der Waals surface area contributed by atoms with E-state index in [4.69, 9.17) is 5.11 Å². The number of carboxylic acid groups (broad SMARTS) is 1. The molecule has 0 fully saturated rings. The van der Waals surface area contributed by atoms with Crippen molar-refractivity contribution < 1.29 is 9.90 Å². The van der Waals surface area contributed by atoms with E-state index < -0.39 is 12.0 Å². The molecule has 0 bridgehead atoms. The van der Waals surface area contributed by atoms with Crippen LogP contribution in [-0.2, 0) is 4.79 Å². The average Bonchev–Trinajstić information content (AvgIpc) is 2.30. The van der Waals surface area contributed by atoms with Gasteiger partial charge in [0.15, 0.2) is 0 Å². The van der Waals surface area contributed by atoms with E-state index in [1.165, 1.54) is 0 Å². The molecule has 4 heteroatoms. The van der Waals surface area contributed by atoms with Gasteiger partial charge in [-0.25, -0.2) is 4.79 Å². The van der Waals surface area contributed by atoms with Crippen LogP contribution >= 0.6 is 11.8 Å². The summed E-state index contributed by atoms with van der Waals surface area (Å²) in [5.74, 6) is -0.0513. The molecule has 0 saturated heterocycles. The molecule has 1 N–H and O–H groups in total. The highest BCUT2D eigenvalue weighted by Gasteiger charge is 2.13. The van der Waals surface area contributed by atoms with Gasteiger partial charge in [0.25, 0.3) is 0 Å². The lowest BCUT2D eigenvalue weighted by atomic mass is 10.2. The van der Waals surface area contributed by atoms with Gasteiger partial charge >= 0.3 is 5.97 Å². The molecule has 0 radical (unpaired) electrons. The van der Waals surface area contributed by atoms with Gasteiger partial charge in [-0.15, -0.1) is 0 Å². The average molecular weight is 237 g/mol. The van der Waals surface area contributed by atoms with Crippen molar-refractivity contribution in [2.45, 2.75) is 12.5 Å². The zero-order valence-corrected chi connectivity index (χ0v) is 9.98. The second-order valence-electron chi connectivity index (χ2n) is 3.32. The predicted octanol–water partition coefficient (Wildman–Crippen LogP) is 2.31. The normalized spacial score (nSPS) is 12.8. The van der Waals surface area contributed by atoms with E-state index >= 15 is 0 Å². The van der Waals surface area contributed by atoms with Crippen molar-refractivity contribution in [2.75, 3.05) is 12.0 Å². The maximum Gasteiger partial charge on any atom is 0.328 e. The zero-order valence-electron chi connectivity index (χ0n) is 9.17. The van der Waals surface area contributed by atoms with Gasteiger partial charge in [-0.3, -0.25) is 4.99 Å². The van der Waals surface area contributed by atoms with Crippen molar-refractivity contribution in [1.82, 2.24) is 0 Å². The van der Waals surface area contributed by atoms with E-state index in [0.717, 1.165) is 11.3 Å². The summed E-state index contributed by atoms with van der Waals surface area (Å²) >= 11 is 1.63. The molecule has 0 aliphatic carbocycles. The van der Waals surface area contributed by atoms with E-state index in [-0.39, 0.29) is 0 Å². The van der Waals surface area contributed by atoms with E-state index in [2.05, 4.69) is 4.99 Å². The van der Waals surface area contributed by atoms with E-state index in [9.17, 15) is 4.79 Å². The van der Waals surface area contributed by atoms with Crippen LogP contribution in [-0.4, -0.2) is 35.3 Å². The minimum atomic E-state index is -0.860. The van der Waals surface area contributed by atoms with Crippen LogP contribution in [0.15, 0.2) is 35.3 Å². The lowest BCUT2D eigenvalue weighted by molar-refractivity contribution is -0.138. The van der Waals surface area contributed by atoms with Gasteiger partial charge in [-0.05, 0) is 24.0 Å². The molecular weight excluding hydrogens is 222 g/mol. The Morgan fingerprint density at radius 2 is 2.19 bits per heavy atom. The fourth-order valence-electron chi connectivity index (χ4n) is 1.21. The molecule has 0 aromatic heterocycles. The van der Waals surface area contributed by atoms with Gasteiger partial charge in [-0.2, -0.15) is 11.8 Å². The van der Waals surface area contributed by atoms with Crippen LogP contribution in [0.3, 0.4) is 0 Å². The first-order chi connectivity index (χ1) is 7.74. The standard InChI is InChI=1S/C12H15NO2S/c1-16-8-7-11(12(14)15)13-9-10-5-3-2-4-6-10/h2-6,9,11H,7-8H2,1H3,(H,14,15)/b13-9+/t11-/m1/s1. The molecule has 0 amide bonds. The summed E-state index contributed by atoms with van der Waals surface area (Å²) in [5.41, 5.74) is 0.929. The molecular formula is C12H15NO2S. The summed E-state index contributed by atoms with van der Waals surface area (Å²) in [6, 6.07) is 8.89. The van der Waals surface area contributed by atoms with Crippen molar-refractivity contribution in [2.24, 2.45) is 4.99 Å². The van der Waals surface area contributed by atoms with Crippen molar-refractivity contribution in [3.8, 4) is 0 Å². The first-order valence-electron chi connectivity index (χ1n) is 5.04. The molecule has 86 valence electrons. The van der Waals surface area contributed by atoms with E-state index in [1.54, 1.807) is 18.0 Å². The summed E-state index contributed by atoms with van der Waals surface area (Å²) in [4.78, 5) is 15.0. The Bertz CT molecular complexity index is 351. The molecule has 0 aliphatic heterocycles. The van der Waals surface area contributed by atoms with Crippen LogP contribution in [0.2, 0.25) is 0 Å². The maximum absolute atomic E-state index is 10.9. The Labute approximate surface area is 99.6 Å². The van der Waals surface area contributed by atoms with Gasteiger partial charge in [0.05, 0.1) is 0 Å². The third-order valence-corrected chi connectivity index (χ3v) is 2.73. The van der Waals surface area contributed by atoms with E-state index in [1.807, 2.05) is 36.6 Å². The largest absolute Gasteiger partial charge is 0.480 e. The monoisotopic (exact) mass is 237 g/mol. The lowest BCUT2D eigenvalue weighted by Crippen LogP contribution is -2.18. The molecule has 0 aliphatic rings. The minimum Gasteiger partial charge on any atom is -0.480 e. The van der Waals surface area contributed by atoms with E-state index in [0.29, 0.717) is 6.42 Å². The highest BCUT2D eigenvalue weighted by molar-refractivity contribution is 7.98. The number of thioether (sulfide) groups is 1. The quantitative estimate of drug-likeness (QED) is 0.772. The third kappa shape index (κ3) is 4.49. The zero-order chi connectivity index (χ0) is 11.8. The minimum absolute atomic E-state index is 0.569. The highest BCUT2D eigenvalue weighted by atomic mass is 32.2. The molecule has 1 aromatic carbocycles. The predicted molar refractivity (Wildman–Crippen MR) is 68.5 cm³/mol. The first-order valence-corrected chi connectivity index (χ1v) is 6.43. The first kappa shape index (κ1) is 12.8. The molecule has 1 rings (SSSR count). The summed E-state index contributed by atoms with van der Waals surface area (Å²) in [6.45, 7) is 0. The maximum atomic E-state index is 10.9. The van der Waals surface area contributed by atoms with Crippen LogP contribution in [0.1, 0.15) is 12.0 Å². The topological polar surface area (TPSA) is 49.7 Å². The van der Waals surface area contributed by atoms with Gasteiger partial charge in [0.1, 0.15) is 6.04 Å². The molecule has 1 atom stereocenters. The summed E-state index contributed by atoms with van der Waals surface area (Å²) < 4.78 is 0. The Kier molecular flexibility index (Phi) is 5.64. The lowest BCUT2D eigenvalue weighted by Gasteiger charge is -2.05. The molecule has 3 nitrogen and oxygen atoms in total. The van der Waals surface area contributed by atoms with Crippen molar-refractivity contribution in [3.05, 3.63) is 35.9 Å². The summed E-state index contributed by atoms with van der Waals surface area (Å²) in [7, 11) is 0. The van der Waals surface area contributed by atoms with Crippen molar-refractivity contribution in [1.29, 1.82) is 0 Å². The number of aliphatic carboxylic acids is 1. The number of carbonyl (C=O) groups is 1. The second kappa shape index (κ2) is 7.06. The second-order valence-corrected chi connectivity index (χ2v) is 4.31. The van der Waals surface area contributed by atoms with Gasteiger partial charge in [0, 0.05) is 6.21 Å². The van der Waals surface area contributed by atoms with Crippen LogP contribution in [0.25, 0.3) is 0 Å². The van der Waals surface area contributed by atoms with Crippen LogP contribution in [0.5, 0.6) is 0 Å². The van der Waals surface area contributed by atoms with Gasteiger partial charge < -0.3 is 5.11 Å². The molecule has 0 unspecified atom stereocenters. The van der Waals surface area contributed by atoms with Crippen molar-refractivity contribution in [3.63, 3.8) is 0 Å². The number of benzene rings is 1. The smallest absolute Gasteiger partial charge is 0.328 e. The number of aliphatic imine (C=N–C) groups is 1. The summed E-state index contributed by atoms with van der Waals surface area (Å²) in [6.07, 6.45) is 4.15. The fourth-order valence-corrected chi connectivity index (χ4v) is 1.67. The Morgan fingerprint density at radius 1 is 1.50 bits per heavy atom. The van der Waals surface area contributed by atoms with Gasteiger partial charge in [-0.1, -0.05) is 30.3 Å². The highest BCUT2D eigenvalue weighted by Crippen LogP contribution is 2.05. The van der Waals surface area contributed by atoms with Crippen LogP contribution in [0, 0.1) is 0 Å². The number of carboxylic acids is 1. The third-order valence-electron chi connectivity index (χ3n) is 2.08. The van der Waals surface area contributed by atoms with Crippen LogP contribution in [0.4, 0.5) is 0 Å². The Hall–Kier alpha value is -1.29. The van der Waals surface area contributed by atoms with Gasteiger partial charge in [0.2, 0.25) is 0 Å². The number of nitrogens with zero attached hydrogens (tertiary/aromatic N) is 1. The molecule has 16 heavy (non-hydrogen) atoms. The number of hydrogen-bond donors (Lipinski definition) is 1. The molecule has 1 aromatic rings. The number of hydrogen-bond acceptors (Lipinski definition) is 3. The fraction of sp³-hybridized carbons (Fsp3) is 0.333. The number of rotatable bonds is 6. The van der Waals surface area contributed by atoms with Crippen molar-refractivity contribution >= 4 is 23.9 Å². The molecule has 0 heterocycles.